The maximum atomic E-state index is 10.6. The number of methoxy groups -OCH3 is 1. The van der Waals surface area contributed by atoms with E-state index in [0.29, 0.717) is 0 Å². The van der Waals surface area contributed by atoms with Crippen LogP contribution in [0.4, 0.5) is 0 Å². The fraction of sp³-hybridized carbons (Fsp3) is 0.526. The lowest BCUT2D eigenvalue weighted by Crippen LogP contribution is -1.99. The van der Waals surface area contributed by atoms with Crippen LogP contribution in [0.1, 0.15) is 52.8 Å². The molecule has 2 rings (SSSR count). The molecule has 4 heteroatoms. The van der Waals surface area contributed by atoms with Gasteiger partial charge in [-0.25, -0.2) is 0 Å². The van der Waals surface area contributed by atoms with E-state index in [9.17, 15) is 4.79 Å². The molecule has 0 saturated carbocycles. The smallest absolute Gasteiger partial charge is 0.309 e. The van der Waals surface area contributed by atoms with E-state index >= 15 is 0 Å². The minimum atomic E-state index is -0.806. The molecule has 1 aromatic carbocycles. The van der Waals surface area contributed by atoms with E-state index in [2.05, 4.69) is 22.7 Å². The molecule has 0 spiro atoms. The first kappa shape index (κ1) is 23.5. The first-order chi connectivity index (χ1) is 11.1. The monoisotopic (exact) mass is 323 g/mol. The highest BCUT2D eigenvalue weighted by Crippen LogP contribution is 2.20. The van der Waals surface area contributed by atoms with E-state index < -0.39 is 5.97 Å². The number of ether oxygens (including phenoxy) is 1. The standard InChI is InChI=1S/C12H13NO2.C3H8O.2C2H6/c1-2-8-4-3-5-9-6-10(7-11(14)15)13-12(8)9;1-3-4-2;2*1-2/h3-6,13H,2,7H2,1H3,(H,14,15);3H2,1-2H3;2*1-2H3. The maximum absolute atomic E-state index is 10.6. The van der Waals surface area contributed by atoms with Gasteiger partial charge in [0.2, 0.25) is 0 Å². The summed E-state index contributed by atoms with van der Waals surface area (Å²) in [7, 11) is 1.68. The fourth-order valence-corrected chi connectivity index (χ4v) is 1.83. The zero-order valence-electron chi connectivity index (χ0n) is 15.7. The van der Waals surface area contributed by atoms with Gasteiger partial charge in [0.1, 0.15) is 0 Å². The molecule has 0 radical (unpaired) electrons. The number of para-hydroxylation sites is 1. The van der Waals surface area contributed by atoms with E-state index in [1.165, 1.54) is 5.56 Å². The number of rotatable bonds is 4. The van der Waals surface area contributed by atoms with Gasteiger partial charge in [-0.3, -0.25) is 4.79 Å². The molecule has 2 aromatic rings. The molecule has 4 nitrogen and oxygen atoms in total. The average Bonchev–Trinajstić information content (AvgIpc) is 3.00. The molecule has 2 N–H and O–H groups in total. The second-order valence-electron chi connectivity index (χ2n) is 4.18. The summed E-state index contributed by atoms with van der Waals surface area (Å²) in [6.07, 6.45) is 1.00. The predicted molar refractivity (Wildman–Crippen MR) is 99.3 cm³/mol. The third-order valence-corrected chi connectivity index (χ3v) is 2.81. The van der Waals surface area contributed by atoms with Crippen molar-refractivity contribution in [1.29, 1.82) is 0 Å². The summed E-state index contributed by atoms with van der Waals surface area (Å²) in [6.45, 7) is 12.9. The lowest BCUT2D eigenvalue weighted by atomic mass is 10.1. The van der Waals surface area contributed by atoms with E-state index in [-0.39, 0.29) is 6.42 Å². The van der Waals surface area contributed by atoms with Gasteiger partial charge in [0.25, 0.3) is 0 Å². The molecule has 1 aromatic heterocycles. The highest BCUT2D eigenvalue weighted by molar-refractivity contribution is 5.84. The van der Waals surface area contributed by atoms with Crippen LogP contribution in [0.3, 0.4) is 0 Å². The number of benzene rings is 1. The Morgan fingerprint density at radius 3 is 2.17 bits per heavy atom. The minimum absolute atomic E-state index is 0.0534. The average molecular weight is 323 g/mol. The van der Waals surface area contributed by atoms with Gasteiger partial charge in [-0.1, -0.05) is 52.8 Å². The molecule has 0 saturated heterocycles. The van der Waals surface area contributed by atoms with Crippen LogP contribution < -0.4 is 0 Å². The van der Waals surface area contributed by atoms with Crippen molar-refractivity contribution in [3.63, 3.8) is 0 Å². The number of nitrogens with one attached hydrogen (secondary N) is 1. The summed E-state index contributed by atoms with van der Waals surface area (Å²) in [4.78, 5) is 13.7. The highest BCUT2D eigenvalue weighted by Gasteiger charge is 2.06. The fourth-order valence-electron chi connectivity index (χ4n) is 1.83. The maximum Gasteiger partial charge on any atom is 0.309 e. The number of fused-ring (bicyclic) bond motifs is 1. The summed E-state index contributed by atoms with van der Waals surface area (Å²) in [5.41, 5.74) is 3.05. The third-order valence-electron chi connectivity index (χ3n) is 2.81. The van der Waals surface area contributed by atoms with E-state index in [0.717, 1.165) is 29.6 Å². The summed E-state index contributed by atoms with van der Waals surface area (Å²) < 4.78 is 4.54. The molecule has 0 aliphatic rings. The summed E-state index contributed by atoms with van der Waals surface area (Å²) >= 11 is 0. The first-order valence-electron chi connectivity index (χ1n) is 8.42. The molecule has 0 bridgehead atoms. The van der Waals surface area contributed by atoms with Gasteiger partial charge in [-0.05, 0) is 30.4 Å². The van der Waals surface area contributed by atoms with Crippen LogP contribution in [0.5, 0.6) is 0 Å². The van der Waals surface area contributed by atoms with Crippen molar-refractivity contribution in [3.8, 4) is 0 Å². The second kappa shape index (κ2) is 15.1. The Morgan fingerprint density at radius 2 is 1.74 bits per heavy atom. The first-order valence-corrected chi connectivity index (χ1v) is 8.42. The van der Waals surface area contributed by atoms with Gasteiger partial charge in [0.15, 0.2) is 0 Å². The summed E-state index contributed by atoms with van der Waals surface area (Å²) in [5, 5.41) is 9.79. The zero-order valence-corrected chi connectivity index (χ0v) is 15.7. The molecule has 0 fully saturated rings. The molecule has 23 heavy (non-hydrogen) atoms. The number of hydrogen-bond acceptors (Lipinski definition) is 2. The Bertz CT molecular complexity index is 530. The van der Waals surface area contributed by atoms with Crippen molar-refractivity contribution >= 4 is 16.9 Å². The van der Waals surface area contributed by atoms with Gasteiger partial charge < -0.3 is 14.8 Å². The number of aromatic nitrogens is 1. The highest BCUT2D eigenvalue weighted by atomic mass is 16.5. The number of carboxylic acids is 1. The molecule has 0 amide bonds. The van der Waals surface area contributed by atoms with Crippen molar-refractivity contribution in [1.82, 2.24) is 4.98 Å². The quantitative estimate of drug-likeness (QED) is 0.826. The number of H-pyrrole nitrogens is 1. The molecule has 0 aliphatic heterocycles. The molecule has 132 valence electrons. The van der Waals surface area contributed by atoms with Crippen LogP contribution in [0.2, 0.25) is 0 Å². The number of aliphatic carboxylic acids is 1. The minimum Gasteiger partial charge on any atom is -0.481 e. The Kier molecular flexibility index (Phi) is 15.4. The molecule has 0 aliphatic carbocycles. The van der Waals surface area contributed by atoms with Crippen molar-refractivity contribution in [2.24, 2.45) is 0 Å². The van der Waals surface area contributed by atoms with Crippen LogP contribution >= 0.6 is 0 Å². The van der Waals surface area contributed by atoms with Crippen LogP contribution in [0.15, 0.2) is 24.3 Å². The Morgan fingerprint density at radius 1 is 1.17 bits per heavy atom. The second-order valence-corrected chi connectivity index (χ2v) is 4.18. The SMILES string of the molecule is CC.CC.CCOC.CCc1cccc2cc(CC(=O)O)[nH]c12. The zero-order chi connectivity index (χ0) is 18.3. The molecule has 1 heterocycles. The molecule has 0 unspecified atom stereocenters. The van der Waals surface area contributed by atoms with Crippen LogP contribution in [-0.2, 0) is 22.4 Å². The lowest BCUT2D eigenvalue weighted by Gasteiger charge is -1.97. The van der Waals surface area contributed by atoms with Crippen molar-refractivity contribution in [3.05, 3.63) is 35.5 Å². The van der Waals surface area contributed by atoms with Gasteiger partial charge in [-0.2, -0.15) is 0 Å². The Labute approximate surface area is 140 Å². The van der Waals surface area contributed by atoms with Gasteiger partial charge >= 0.3 is 5.97 Å². The van der Waals surface area contributed by atoms with Crippen LogP contribution in [0, 0.1) is 0 Å². The van der Waals surface area contributed by atoms with Gasteiger partial charge in [-0.15, -0.1) is 0 Å². The van der Waals surface area contributed by atoms with E-state index in [4.69, 9.17) is 5.11 Å². The van der Waals surface area contributed by atoms with Gasteiger partial charge in [0.05, 0.1) is 6.42 Å². The van der Waals surface area contributed by atoms with Crippen molar-refractivity contribution in [2.75, 3.05) is 13.7 Å². The number of hydrogen-bond donors (Lipinski definition) is 2. The largest absolute Gasteiger partial charge is 0.481 e. The summed E-state index contributed by atoms with van der Waals surface area (Å²) in [6, 6.07) is 7.96. The summed E-state index contributed by atoms with van der Waals surface area (Å²) in [5.74, 6) is -0.806. The normalized spacial score (nSPS) is 8.83. The number of carboxylic acid groups (broad SMARTS) is 1. The van der Waals surface area contributed by atoms with E-state index in [1.54, 1.807) is 7.11 Å². The lowest BCUT2D eigenvalue weighted by molar-refractivity contribution is -0.136. The van der Waals surface area contributed by atoms with E-state index in [1.807, 2.05) is 52.8 Å². The van der Waals surface area contributed by atoms with Crippen LogP contribution in [-0.4, -0.2) is 29.8 Å². The van der Waals surface area contributed by atoms with Crippen molar-refractivity contribution < 1.29 is 14.6 Å². The molecule has 0 atom stereocenters. The third kappa shape index (κ3) is 9.04. The predicted octanol–water partition coefficient (Wildman–Crippen LogP) is 5.06. The topological polar surface area (TPSA) is 62.3 Å². The number of aromatic amines is 1. The van der Waals surface area contributed by atoms with Gasteiger partial charge in [0, 0.05) is 24.9 Å². The molecular weight excluding hydrogens is 290 g/mol. The number of carbonyl (C=O) groups is 1. The molecular formula is C19H33NO3. The van der Waals surface area contributed by atoms with Crippen molar-refractivity contribution in [2.45, 2.75) is 54.4 Å². The number of aryl methyl sites for hydroxylation is 1. The Hall–Kier alpha value is -1.81. The van der Waals surface area contributed by atoms with Crippen LogP contribution in [0.25, 0.3) is 10.9 Å². The Balaban J connectivity index is 0.